The minimum Gasteiger partial charge on any atom is -0.397 e. The zero-order valence-corrected chi connectivity index (χ0v) is 10.4. The van der Waals surface area contributed by atoms with Crippen LogP contribution >= 0.6 is 11.8 Å². The van der Waals surface area contributed by atoms with Gasteiger partial charge in [0.15, 0.2) is 0 Å². The van der Waals surface area contributed by atoms with Crippen LogP contribution in [0.15, 0.2) is 18.2 Å². The maximum absolute atomic E-state index is 5.79. The van der Waals surface area contributed by atoms with E-state index < -0.39 is 0 Å². The molecule has 2 atom stereocenters. The number of rotatable bonds is 3. The molecule has 4 heteroatoms. The van der Waals surface area contributed by atoms with Gasteiger partial charge in [0.1, 0.15) is 0 Å². The van der Waals surface area contributed by atoms with Gasteiger partial charge in [-0.1, -0.05) is 6.42 Å². The highest BCUT2D eigenvalue weighted by Crippen LogP contribution is 2.31. The van der Waals surface area contributed by atoms with Crippen LogP contribution in [-0.4, -0.2) is 17.5 Å². The molecule has 0 spiro atoms. The Bertz CT molecular complexity index is 367. The summed E-state index contributed by atoms with van der Waals surface area (Å²) < 4.78 is 0. The Morgan fingerprint density at radius 1 is 1.25 bits per heavy atom. The number of nitrogen functional groups attached to an aromatic ring is 2. The van der Waals surface area contributed by atoms with Crippen LogP contribution in [0.3, 0.4) is 0 Å². The van der Waals surface area contributed by atoms with E-state index in [4.69, 9.17) is 11.5 Å². The van der Waals surface area contributed by atoms with Crippen molar-refractivity contribution in [3.63, 3.8) is 0 Å². The third-order valence-electron chi connectivity index (χ3n) is 3.19. The highest BCUT2D eigenvalue weighted by molar-refractivity contribution is 7.99. The van der Waals surface area contributed by atoms with Gasteiger partial charge in [-0.2, -0.15) is 11.8 Å². The maximum atomic E-state index is 5.79. The minimum absolute atomic E-state index is 0.568. The molecule has 1 aromatic carbocycles. The summed E-state index contributed by atoms with van der Waals surface area (Å²) >= 11 is 1.95. The minimum atomic E-state index is 0.568. The van der Waals surface area contributed by atoms with Gasteiger partial charge in [-0.25, -0.2) is 0 Å². The number of hydrogen-bond donors (Lipinski definition) is 3. The summed E-state index contributed by atoms with van der Waals surface area (Å²) in [7, 11) is 0. The summed E-state index contributed by atoms with van der Waals surface area (Å²) in [5.74, 6) is 0. The number of nitrogens with one attached hydrogen (secondary N) is 1. The summed E-state index contributed by atoms with van der Waals surface area (Å²) in [5.41, 5.74) is 13.9. The van der Waals surface area contributed by atoms with Gasteiger partial charge in [-0.3, -0.25) is 0 Å². The molecule has 3 nitrogen and oxygen atoms in total. The van der Waals surface area contributed by atoms with Crippen LogP contribution in [0.2, 0.25) is 0 Å². The molecule has 88 valence electrons. The maximum Gasteiger partial charge on any atom is 0.0568 e. The van der Waals surface area contributed by atoms with Crippen LogP contribution in [0.5, 0.6) is 0 Å². The van der Waals surface area contributed by atoms with Crippen LogP contribution in [-0.2, 0) is 0 Å². The Hall–Kier alpha value is -1.03. The van der Waals surface area contributed by atoms with Gasteiger partial charge < -0.3 is 16.8 Å². The van der Waals surface area contributed by atoms with Gasteiger partial charge in [-0.05, 0) is 37.3 Å². The van der Waals surface area contributed by atoms with Gasteiger partial charge in [0.2, 0.25) is 0 Å². The fourth-order valence-electron chi connectivity index (χ4n) is 2.25. The largest absolute Gasteiger partial charge is 0.397 e. The zero-order valence-electron chi connectivity index (χ0n) is 9.57. The molecule has 16 heavy (non-hydrogen) atoms. The Morgan fingerprint density at radius 3 is 2.75 bits per heavy atom. The number of nitrogens with two attached hydrogens (primary N) is 2. The monoisotopic (exact) mass is 237 g/mol. The van der Waals surface area contributed by atoms with E-state index in [1.165, 1.54) is 19.3 Å². The van der Waals surface area contributed by atoms with Gasteiger partial charge in [0.05, 0.1) is 11.4 Å². The first-order valence-electron chi connectivity index (χ1n) is 5.65. The molecule has 5 N–H and O–H groups in total. The van der Waals surface area contributed by atoms with Gasteiger partial charge in [0, 0.05) is 17.0 Å². The van der Waals surface area contributed by atoms with Crippen LogP contribution in [0.1, 0.15) is 19.3 Å². The van der Waals surface area contributed by atoms with Gasteiger partial charge in [-0.15, -0.1) is 0 Å². The van der Waals surface area contributed by atoms with Gasteiger partial charge in [0.25, 0.3) is 0 Å². The summed E-state index contributed by atoms with van der Waals surface area (Å²) in [6.45, 7) is 0. The normalized spacial score (nSPS) is 24.6. The van der Waals surface area contributed by atoms with Crippen LogP contribution in [0, 0.1) is 0 Å². The standard InChI is InChI=1S/C12H19N3S/c1-16-12-4-2-3-11(12)15-8-5-6-9(13)10(14)7-8/h5-7,11-12,15H,2-4,13-14H2,1H3. The molecular weight excluding hydrogens is 218 g/mol. The highest BCUT2D eigenvalue weighted by Gasteiger charge is 2.26. The van der Waals surface area contributed by atoms with Crippen molar-refractivity contribution in [3.05, 3.63) is 18.2 Å². The Morgan fingerprint density at radius 2 is 2.06 bits per heavy atom. The first-order valence-corrected chi connectivity index (χ1v) is 6.94. The number of anilines is 3. The second-order valence-corrected chi connectivity index (χ2v) is 5.38. The van der Waals surface area contributed by atoms with E-state index in [1.54, 1.807) is 0 Å². The third-order valence-corrected chi connectivity index (χ3v) is 4.36. The number of thioether (sulfide) groups is 1. The molecule has 1 fully saturated rings. The Labute approximate surface area is 101 Å². The molecule has 1 aliphatic carbocycles. The molecular formula is C12H19N3S. The van der Waals surface area contributed by atoms with Crippen molar-refractivity contribution in [1.82, 2.24) is 0 Å². The highest BCUT2D eigenvalue weighted by atomic mass is 32.2. The fourth-order valence-corrected chi connectivity index (χ4v) is 3.19. The molecule has 0 heterocycles. The molecule has 2 unspecified atom stereocenters. The van der Waals surface area contributed by atoms with E-state index >= 15 is 0 Å². The second kappa shape index (κ2) is 4.87. The Balaban J connectivity index is 2.05. The van der Waals surface area contributed by atoms with E-state index in [0.29, 0.717) is 17.4 Å². The molecule has 1 aliphatic rings. The average Bonchev–Trinajstić information content (AvgIpc) is 2.71. The molecule has 0 saturated heterocycles. The third kappa shape index (κ3) is 2.38. The number of benzene rings is 1. The lowest BCUT2D eigenvalue weighted by atomic mass is 10.2. The Kier molecular flexibility index (Phi) is 3.49. The fraction of sp³-hybridized carbons (Fsp3) is 0.500. The molecule has 1 aromatic rings. The van der Waals surface area contributed by atoms with Crippen molar-refractivity contribution in [2.75, 3.05) is 23.0 Å². The second-order valence-electron chi connectivity index (χ2n) is 4.30. The molecule has 0 bridgehead atoms. The summed E-state index contributed by atoms with van der Waals surface area (Å²) in [6.07, 6.45) is 6.05. The van der Waals surface area contributed by atoms with Crippen LogP contribution in [0.25, 0.3) is 0 Å². The summed E-state index contributed by atoms with van der Waals surface area (Å²) in [5, 5.41) is 4.27. The first-order chi connectivity index (χ1) is 7.70. The molecule has 0 aromatic heterocycles. The molecule has 0 radical (unpaired) electrons. The predicted octanol–water partition coefficient (Wildman–Crippen LogP) is 2.55. The van der Waals surface area contributed by atoms with E-state index in [2.05, 4.69) is 11.6 Å². The summed E-state index contributed by atoms with van der Waals surface area (Å²) in [4.78, 5) is 0. The van der Waals surface area contributed by atoms with E-state index in [0.717, 1.165) is 10.9 Å². The van der Waals surface area contributed by atoms with E-state index in [-0.39, 0.29) is 0 Å². The van der Waals surface area contributed by atoms with Crippen molar-refractivity contribution in [2.45, 2.75) is 30.6 Å². The lowest BCUT2D eigenvalue weighted by Gasteiger charge is -2.20. The van der Waals surface area contributed by atoms with Crippen LogP contribution in [0.4, 0.5) is 17.1 Å². The van der Waals surface area contributed by atoms with E-state index in [1.807, 2.05) is 30.0 Å². The van der Waals surface area contributed by atoms with Crippen molar-refractivity contribution in [1.29, 1.82) is 0 Å². The van der Waals surface area contributed by atoms with Crippen molar-refractivity contribution < 1.29 is 0 Å². The quantitative estimate of drug-likeness (QED) is 0.707. The smallest absolute Gasteiger partial charge is 0.0568 e. The molecule has 0 amide bonds. The van der Waals surface area contributed by atoms with Crippen LogP contribution < -0.4 is 16.8 Å². The lowest BCUT2D eigenvalue weighted by Crippen LogP contribution is -2.25. The van der Waals surface area contributed by atoms with Crippen molar-refractivity contribution >= 4 is 28.8 Å². The first kappa shape index (κ1) is 11.5. The average molecular weight is 237 g/mol. The summed E-state index contributed by atoms with van der Waals surface area (Å²) in [6, 6.07) is 6.35. The molecule has 2 rings (SSSR count). The van der Waals surface area contributed by atoms with E-state index in [9.17, 15) is 0 Å². The lowest BCUT2D eigenvalue weighted by molar-refractivity contribution is 0.769. The van der Waals surface area contributed by atoms with Gasteiger partial charge >= 0.3 is 0 Å². The van der Waals surface area contributed by atoms with Crippen molar-refractivity contribution in [3.8, 4) is 0 Å². The molecule has 1 saturated carbocycles. The molecule has 0 aliphatic heterocycles. The topological polar surface area (TPSA) is 64.1 Å². The predicted molar refractivity (Wildman–Crippen MR) is 73.8 cm³/mol. The van der Waals surface area contributed by atoms with Crippen molar-refractivity contribution in [2.24, 2.45) is 0 Å². The number of hydrogen-bond acceptors (Lipinski definition) is 4. The zero-order chi connectivity index (χ0) is 11.5. The SMILES string of the molecule is CSC1CCCC1Nc1ccc(N)c(N)c1.